The molecule has 296 valence electrons. The van der Waals surface area contributed by atoms with E-state index in [0.717, 1.165) is 86.7 Å². The van der Waals surface area contributed by atoms with E-state index >= 15 is 0 Å². The fourth-order valence-corrected chi connectivity index (χ4v) is 9.01. The number of nitrogens with zero attached hydrogens (tertiary/aromatic N) is 1. The van der Waals surface area contributed by atoms with Gasteiger partial charge in [0.25, 0.3) is 5.91 Å². The Hall–Kier alpha value is -2.54. The van der Waals surface area contributed by atoms with E-state index in [1.165, 1.54) is 12.8 Å². The van der Waals surface area contributed by atoms with Gasteiger partial charge in [-0.1, -0.05) is 52.4 Å². The van der Waals surface area contributed by atoms with Crippen molar-refractivity contribution in [2.45, 2.75) is 203 Å². The molecule has 0 unspecified atom stereocenters. The molecule has 4 rings (SSSR count). The van der Waals surface area contributed by atoms with Crippen molar-refractivity contribution in [1.29, 1.82) is 0 Å². The molecule has 3 fully saturated rings. The zero-order valence-electron chi connectivity index (χ0n) is 31.5. The van der Waals surface area contributed by atoms with Gasteiger partial charge in [-0.2, -0.15) is 0 Å². The average molecular weight is 736 g/mol. The molecule has 2 amide bonds. The minimum atomic E-state index is -1.18. The highest BCUT2D eigenvalue weighted by Crippen LogP contribution is 2.47. The highest BCUT2D eigenvalue weighted by atomic mass is 19.1. The summed E-state index contributed by atoms with van der Waals surface area (Å²) in [7, 11) is 0. The van der Waals surface area contributed by atoms with Gasteiger partial charge in [-0.3, -0.25) is 14.4 Å². The number of aliphatic hydroxyl groups is 4. The monoisotopic (exact) mass is 735 g/mol. The zero-order valence-corrected chi connectivity index (χ0v) is 31.5. The predicted octanol–water partition coefficient (Wildman–Crippen LogP) is 5.70. The van der Waals surface area contributed by atoms with Crippen LogP contribution in [0.2, 0.25) is 0 Å². The van der Waals surface area contributed by atoms with Crippen molar-refractivity contribution < 1.29 is 44.3 Å². The number of aromatic nitrogens is 1. The lowest BCUT2D eigenvalue weighted by molar-refractivity contribution is -0.139. The molecule has 4 atom stereocenters. The molecule has 12 heteroatoms. The zero-order chi connectivity index (χ0) is 37.8. The number of aliphatic carboxylic acids is 1. The Bertz CT molecular complexity index is 1280. The second-order valence-corrected chi connectivity index (χ2v) is 16.3. The Morgan fingerprint density at radius 1 is 0.750 bits per heavy atom. The van der Waals surface area contributed by atoms with Gasteiger partial charge in [0.1, 0.15) is 6.17 Å². The molecule has 1 aromatic heterocycles. The molecule has 0 saturated heterocycles. The topological polar surface area (TPSA) is 181 Å². The third kappa shape index (κ3) is 12.5. The van der Waals surface area contributed by atoms with Crippen molar-refractivity contribution in [2.24, 2.45) is 0 Å². The summed E-state index contributed by atoms with van der Waals surface area (Å²) in [5, 5.41) is 56.4. The molecule has 1 aromatic rings. The Labute approximate surface area is 309 Å². The van der Waals surface area contributed by atoms with E-state index < -0.39 is 48.9 Å². The summed E-state index contributed by atoms with van der Waals surface area (Å²) >= 11 is 0. The highest BCUT2D eigenvalue weighted by molar-refractivity contribution is 5.98. The number of carbonyl (C=O) groups excluding carboxylic acids is 2. The summed E-state index contributed by atoms with van der Waals surface area (Å²) in [6.45, 7) is 4.77. The van der Waals surface area contributed by atoms with Crippen LogP contribution in [-0.4, -0.2) is 91.1 Å². The number of hydrogen-bond acceptors (Lipinski definition) is 7. The maximum Gasteiger partial charge on any atom is 0.305 e. The summed E-state index contributed by atoms with van der Waals surface area (Å²) < 4.78 is 16.8. The normalized spacial score (nSPS) is 22.8. The molecular weight excluding hydrogens is 669 g/mol. The number of hydrogen-bond donors (Lipinski definition) is 7. The van der Waals surface area contributed by atoms with Crippen LogP contribution in [0.3, 0.4) is 0 Å². The molecule has 7 N–H and O–H groups in total. The summed E-state index contributed by atoms with van der Waals surface area (Å²) in [5.41, 5.74) is 4.10. The van der Waals surface area contributed by atoms with Crippen molar-refractivity contribution in [1.82, 2.24) is 15.2 Å². The predicted molar refractivity (Wildman–Crippen MR) is 197 cm³/mol. The second kappa shape index (κ2) is 20.8. The first-order chi connectivity index (χ1) is 24.8. The number of amides is 2. The third-order valence-corrected chi connectivity index (χ3v) is 11.6. The number of rotatable bonds is 19. The van der Waals surface area contributed by atoms with E-state index in [4.69, 9.17) is 5.11 Å². The fourth-order valence-electron chi connectivity index (χ4n) is 9.01. The molecule has 3 aliphatic rings. The van der Waals surface area contributed by atoms with Crippen molar-refractivity contribution in [3.63, 3.8) is 0 Å². The van der Waals surface area contributed by atoms with Crippen molar-refractivity contribution in [2.75, 3.05) is 6.54 Å². The number of halogens is 1. The van der Waals surface area contributed by atoms with E-state index in [9.17, 15) is 39.2 Å². The maximum absolute atomic E-state index is 14.5. The van der Waals surface area contributed by atoms with Gasteiger partial charge in [-0.05, 0) is 100 Å². The lowest BCUT2D eigenvalue weighted by Crippen LogP contribution is -2.37. The number of nitrogens with one attached hydrogen (secondary N) is 2. The van der Waals surface area contributed by atoms with Gasteiger partial charge in [0.05, 0.1) is 42.8 Å². The Morgan fingerprint density at radius 2 is 1.33 bits per heavy atom. The van der Waals surface area contributed by atoms with Gasteiger partial charge >= 0.3 is 5.97 Å². The number of aliphatic hydroxyl groups excluding tert-OH is 4. The van der Waals surface area contributed by atoms with Gasteiger partial charge in [-0.25, -0.2) is 4.39 Å². The molecule has 11 nitrogen and oxygen atoms in total. The quantitative estimate of drug-likeness (QED) is 0.0945. The summed E-state index contributed by atoms with van der Waals surface area (Å²) in [4.78, 5) is 37.6. The van der Waals surface area contributed by atoms with Crippen molar-refractivity contribution >= 4 is 17.8 Å². The molecule has 0 bridgehead atoms. The van der Waals surface area contributed by atoms with Crippen LogP contribution in [0.15, 0.2) is 0 Å². The molecule has 0 aliphatic heterocycles. The van der Waals surface area contributed by atoms with E-state index in [2.05, 4.69) is 29.0 Å². The number of alkyl halides is 1. The third-order valence-electron chi connectivity index (χ3n) is 11.6. The van der Waals surface area contributed by atoms with Crippen LogP contribution in [0, 0.1) is 0 Å². The van der Waals surface area contributed by atoms with Crippen molar-refractivity contribution in [3.8, 4) is 0 Å². The Balaban J connectivity index is 1.48. The second-order valence-electron chi connectivity index (χ2n) is 16.3. The first-order valence-corrected chi connectivity index (χ1v) is 20.3. The van der Waals surface area contributed by atoms with Gasteiger partial charge in [0.2, 0.25) is 5.91 Å². The van der Waals surface area contributed by atoms with E-state index in [1.807, 2.05) is 0 Å². The van der Waals surface area contributed by atoms with Gasteiger partial charge < -0.3 is 40.7 Å². The van der Waals surface area contributed by atoms with Gasteiger partial charge in [0.15, 0.2) is 0 Å². The van der Waals surface area contributed by atoms with Gasteiger partial charge in [-0.15, -0.1) is 0 Å². The number of carbonyl (C=O) groups is 3. The van der Waals surface area contributed by atoms with Crippen LogP contribution in [0.1, 0.15) is 187 Å². The molecule has 1 heterocycles. The standard InChI is InChI=1S/C40H66FN3O8/c1-25(2)38-37(40(52)43-29-11-7-4-8-12-29)36(26-9-5-3-6-10-26)39(27-13-15-28(41)16-14-27)44(38)20-18-31(46)22-32(47)23-34(49)42-19-17-30(45)21-33(48)24-35(50)51/h25-33,45-48H,3-24H2,1-2H3,(H,42,49)(H,43,52)(H,50,51)/t27?,28?,30-,31-,32-,33-/m1/s1. The summed E-state index contributed by atoms with van der Waals surface area (Å²) in [5.74, 6) is -1.18. The minimum absolute atomic E-state index is 0.00120. The maximum atomic E-state index is 14.5. The van der Waals surface area contributed by atoms with Crippen LogP contribution in [-0.2, 0) is 16.1 Å². The Kier molecular flexibility index (Phi) is 16.9. The van der Waals surface area contributed by atoms with Crippen molar-refractivity contribution in [3.05, 3.63) is 22.5 Å². The highest BCUT2D eigenvalue weighted by Gasteiger charge is 2.38. The first-order valence-electron chi connectivity index (χ1n) is 20.3. The van der Waals surface area contributed by atoms with Crippen LogP contribution in [0.5, 0.6) is 0 Å². The number of carboxylic acid groups (broad SMARTS) is 1. The molecular formula is C40H66FN3O8. The van der Waals surface area contributed by atoms with E-state index in [1.54, 1.807) is 0 Å². The van der Waals surface area contributed by atoms with Crippen LogP contribution < -0.4 is 10.6 Å². The van der Waals surface area contributed by atoms with Crippen LogP contribution in [0.25, 0.3) is 0 Å². The summed E-state index contributed by atoms with van der Waals surface area (Å²) in [6, 6.07) is 0.163. The van der Waals surface area contributed by atoms with Crippen LogP contribution in [0.4, 0.5) is 4.39 Å². The average Bonchev–Trinajstić information content (AvgIpc) is 3.43. The summed E-state index contributed by atoms with van der Waals surface area (Å²) in [6.07, 6.45) is 7.97. The molecule has 0 aromatic carbocycles. The fraction of sp³-hybridized carbons (Fsp3) is 0.825. The van der Waals surface area contributed by atoms with E-state index in [0.29, 0.717) is 25.8 Å². The minimum Gasteiger partial charge on any atom is -0.481 e. The molecule has 0 spiro atoms. The lowest BCUT2D eigenvalue weighted by Gasteiger charge is -2.31. The molecule has 3 aliphatic carbocycles. The number of carboxylic acids is 1. The molecule has 0 radical (unpaired) electrons. The van der Waals surface area contributed by atoms with E-state index in [-0.39, 0.29) is 61.9 Å². The lowest BCUT2D eigenvalue weighted by atomic mass is 9.77. The Morgan fingerprint density at radius 3 is 1.92 bits per heavy atom. The SMILES string of the molecule is CC(C)c1c(C(=O)NC2CCCCC2)c(C2CCCCC2)c(C2CCC(F)CC2)n1CC[C@@H](O)C[C@@H](O)CC(=O)NCC[C@@H](O)C[C@@H](O)CC(=O)O. The smallest absolute Gasteiger partial charge is 0.305 e. The molecule has 3 saturated carbocycles. The largest absolute Gasteiger partial charge is 0.481 e. The van der Waals surface area contributed by atoms with Crippen LogP contribution >= 0.6 is 0 Å². The first kappa shape index (κ1) is 42.2. The molecule has 52 heavy (non-hydrogen) atoms. The van der Waals surface area contributed by atoms with Gasteiger partial charge in [0, 0.05) is 30.5 Å².